The van der Waals surface area contributed by atoms with E-state index < -0.39 is 17.7 Å². The summed E-state index contributed by atoms with van der Waals surface area (Å²) in [5, 5.41) is 2.72. The molecule has 2 atom stereocenters. The topological polar surface area (TPSA) is 73.9 Å². The molecule has 2 aromatic carbocycles. The van der Waals surface area contributed by atoms with E-state index in [1.807, 2.05) is 0 Å². The average Bonchev–Trinajstić information content (AvgIpc) is 3.28. The molecule has 6 nitrogen and oxygen atoms in total. The summed E-state index contributed by atoms with van der Waals surface area (Å²) < 4.78 is 30.1. The van der Waals surface area contributed by atoms with Crippen molar-refractivity contribution < 1.29 is 28.2 Å². The largest absolute Gasteiger partial charge is 0.455 e. The molecule has 0 saturated heterocycles. The molecule has 0 unspecified atom stereocenters. The van der Waals surface area contributed by atoms with Crippen molar-refractivity contribution in [1.29, 1.82) is 0 Å². The zero-order chi connectivity index (χ0) is 20.7. The van der Waals surface area contributed by atoms with Crippen molar-refractivity contribution in [2.45, 2.75) is 43.8 Å². The van der Waals surface area contributed by atoms with Gasteiger partial charge >= 0.3 is 5.97 Å². The van der Waals surface area contributed by atoms with Gasteiger partial charge < -0.3 is 19.5 Å². The number of anilines is 1. The fourth-order valence-corrected chi connectivity index (χ4v) is 4.26. The summed E-state index contributed by atoms with van der Waals surface area (Å²) in [7, 11) is 0. The van der Waals surface area contributed by atoms with E-state index in [0.717, 1.165) is 31.2 Å². The maximum Gasteiger partial charge on any atom is 0.310 e. The van der Waals surface area contributed by atoms with Crippen LogP contribution in [-0.2, 0) is 14.3 Å². The SMILES string of the molecule is O=C(COC(=O)[C@@H]1C[C@H]1c1ccc(F)cc1)Nc1ccc2c(c1)OC1(CCCC1)O2. The lowest BCUT2D eigenvalue weighted by molar-refractivity contribution is -0.148. The van der Waals surface area contributed by atoms with E-state index in [0.29, 0.717) is 23.6 Å². The molecule has 1 amide bonds. The highest BCUT2D eigenvalue weighted by atomic mass is 19.1. The quantitative estimate of drug-likeness (QED) is 0.748. The number of fused-ring (bicyclic) bond motifs is 1. The van der Waals surface area contributed by atoms with Crippen molar-refractivity contribution in [2.24, 2.45) is 5.92 Å². The molecule has 2 fully saturated rings. The van der Waals surface area contributed by atoms with Crippen LogP contribution in [0.3, 0.4) is 0 Å². The third kappa shape index (κ3) is 3.72. The molecule has 156 valence electrons. The number of hydrogen-bond donors (Lipinski definition) is 1. The number of nitrogens with one attached hydrogen (secondary N) is 1. The van der Waals surface area contributed by atoms with Gasteiger partial charge in [-0.15, -0.1) is 0 Å². The van der Waals surface area contributed by atoms with Gasteiger partial charge in [-0.25, -0.2) is 4.39 Å². The maximum absolute atomic E-state index is 13.0. The van der Waals surface area contributed by atoms with E-state index in [1.165, 1.54) is 12.1 Å². The Hall–Kier alpha value is -3.09. The first kappa shape index (κ1) is 18.9. The van der Waals surface area contributed by atoms with Crippen LogP contribution in [-0.4, -0.2) is 24.3 Å². The lowest BCUT2D eigenvalue weighted by atomic mass is 10.1. The number of halogens is 1. The van der Waals surface area contributed by atoms with Gasteiger partial charge in [-0.3, -0.25) is 9.59 Å². The predicted molar refractivity (Wildman–Crippen MR) is 106 cm³/mol. The Morgan fingerprint density at radius 2 is 1.80 bits per heavy atom. The van der Waals surface area contributed by atoms with Crippen LogP contribution in [0.4, 0.5) is 10.1 Å². The normalized spacial score (nSPS) is 22.7. The number of esters is 1. The van der Waals surface area contributed by atoms with Crippen molar-refractivity contribution in [3.05, 3.63) is 53.8 Å². The van der Waals surface area contributed by atoms with E-state index >= 15 is 0 Å². The second-order valence-corrected chi connectivity index (χ2v) is 8.14. The zero-order valence-electron chi connectivity index (χ0n) is 16.4. The molecule has 5 rings (SSSR count). The second-order valence-electron chi connectivity index (χ2n) is 8.14. The van der Waals surface area contributed by atoms with E-state index in [4.69, 9.17) is 14.2 Å². The number of carbonyl (C=O) groups excluding carboxylic acids is 2. The van der Waals surface area contributed by atoms with Gasteiger partial charge in [0, 0.05) is 24.6 Å². The summed E-state index contributed by atoms with van der Waals surface area (Å²) in [5.74, 6) is -0.642. The first-order valence-electron chi connectivity index (χ1n) is 10.3. The van der Waals surface area contributed by atoms with Crippen molar-refractivity contribution in [1.82, 2.24) is 0 Å². The van der Waals surface area contributed by atoms with Crippen LogP contribution in [0.1, 0.15) is 43.6 Å². The van der Waals surface area contributed by atoms with Gasteiger partial charge in [0.1, 0.15) is 5.82 Å². The van der Waals surface area contributed by atoms with E-state index in [1.54, 1.807) is 30.3 Å². The number of benzene rings is 2. The van der Waals surface area contributed by atoms with Crippen molar-refractivity contribution in [3.8, 4) is 11.5 Å². The lowest BCUT2D eigenvalue weighted by Gasteiger charge is -2.21. The molecule has 2 aliphatic carbocycles. The predicted octanol–water partition coefficient (Wildman–Crippen LogP) is 4.15. The van der Waals surface area contributed by atoms with Gasteiger partial charge in [0.25, 0.3) is 11.7 Å². The molecule has 1 spiro atoms. The summed E-state index contributed by atoms with van der Waals surface area (Å²) >= 11 is 0. The summed E-state index contributed by atoms with van der Waals surface area (Å²) in [6.07, 6.45) is 4.52. The average molecular weight is 411 g/mol. The Morgan fingerprint density at radius 1 is 1.07 bits per heavy atom. The smallest absolute Gasteiger partial charge is 0.310 e. The molecule has 30 heavy (non-hydrogen) atoms. The molecule has 7 heteroatoms. The monoisotopic (exact) mass is 411 g/mol. The summed E-state index contributed by atoms with van der Waals surface area (Å²) in [5.41, 5.74) is 1.47. The Kier molecular flexibility index (Phi) is 4.60. The number of rotatable bonds is 5. The molecule has 2 aromatic rings. The van der Waals surface area contributed by atoms with Gasteiger partial charge in [0.2, 0.25) is 0 Å². The van der Waals surface area contributed by atoms with Crippen LogP contribution in [0.15, 0.2) is 42.5 Å². The Morgan fingerprint density at radius 3 is 2.57 bits per heavy atom. The van der Waals surface area contributed by atoms with E-state index in [9.17, 15) is 14.0 Å². The summed E-state index contributed by atoms with van der Waals surface area (Å²) in [4.78, 5) is 24.4. The molecule has 3 aliphatic rings. The molecule has 0 radical (unpaired) electrons. The minimum atomic E-state index is -0.550. The number of carbonyl (C=O) groups is 2. The number of amides is 1. The van der Waals surface area contributed by atoms with Gasteiger partial charge in [0.05, 0.1) is 5.92 Å². The Labute approximate surface area is 173 Å². The van der Waals surface area contributed by atoms with Crippen LogP contribution < -0.4 is 14.8 Å². The fraction of sp³-hybridized carbons (Fsp3) is 0.391. The van der Waals surface area contributed by atoms with Crippen LogP contribution in [0.2, 0.25) is 0 Å². The first-order chi connectivity index (χ1) is 14.5. The van der Waals surface area contributed by atoms with Crippen LogP contribution in [0, 0.1) is 11.7 Å². The highest BCUT2D eigenvalue weighted by molar-refractivity contribution is 5.93. The molecular formula is C23H22FNO5. The molecule has 1 heterocycles. The Bertz CT molecular complexity index is 984. The lowest BCUT2D eigenvalue weighted by Crippen LogP contribution is -2.34. The zero-order valence-corrected chi connectivity index (χ0v) is 16.4. The van der Waals surface area contributed by atoms with Crippen molar-refractivity contribution in [2.75, 3.05) is 11.9 Å². The number of hydrogen-bond acceptors (Lipinski definition) is 5. The second kappa shape index (κ2) is 7.31. The van der Waals surface area contributed by atoms with Crippen LogP contribution in [0.25, 0.3) is 0 Å². The molecule has 1 N–H and O–H groups in total. The maximum atomic E-state index is 13.0. The van der Waals surface area contributed by atoms with E-state index in [-0.39, 0.29) is 24.3 Å². The summed E-state index contributed by atoms with van der Waals surface area (Å²) in [6.45, 7) is -0.357. The molecular weight excluding hydrogens is 389 g/mol. The number of ether oxygens (including phenoxy) is 3. The Balaban J connectivity index is 1.11. The highest BCUT2D eigenvalue weighted by Gasteiger charge is 2.45. The van der Waals surface area contributed by atoms with Gasteiger partial charge in [-0.05, 0) is 55.0 Å². The minimum Gasteiger partial charge on any atom is -0.455 e. The molecule has 1 aliphatic heterocycles. The molecule has 0 aromatic heterocycles. The van der Waals surface area contributed by atoms with Gasteiger partial charge in [-0.1, -0.05) is 12.1 Å². The van der Waals surface area contributed by atoms with Crippen molar-refractivity contribution >= 4 is 17.6 Å². The molecule has 0 bridgehead atoms. The fourth-order valence-electron chi connectivity index (χ4n) is 4.26. The highest BCUT2D eigenvalue weighted by Crippen LogP contribution is 2.48. The summed E-state index contributed by atoms with van der Waals surface area (Å²) in [6, 6.07) is 11.4. The molecule has 2 saturated carbocycles. The van der Waals surface area contributed by atoms with Gasteiger partial charge in [-0.2, -0.15) is 0 Å². The third-order valence-electron chi connectivity index (χ3n) is 5.92. The van der Waals surface area contributed by atoms with Crippen LogP contribution >= 0.6 is 0 Å². The van der Waals surface area contributed by atoms with E-state index in [2.05, 4.69) is 5.32 Å². The third-order valence-corrected chi connectivity index (χ3v) is 5.92. The van der Waals surface area contributed by atoms with Crippen molar-refractivity contribution in [3.63, 3.8) is 0 Å². The minimum absolute atomic E-state index is 0.0259. The first-order valence-corrected chi connectivity index (χ1v) is 10.3. The van der Waals surface area contributed by atoms with Gasteiger partial charge in [0.15, 0.2) is 18.1 Å². The van der Waals surface area contributed by atoms with Crippen LogP contribution in [0.5, 0.6) is 11.5 Å². The standard InChI is InChI=1S/C23H22FNO5/c24-15-5-3-14(4-6-15)17-12-18(17)22(27)28-13-21(26)25-16-7-8-19-20(11-16)30-23(29-19)9-1-2-10-23/h3-8,11,17-18H,1-2,9-10,12-13H2,(H,25,26)/t17-,18+/m0/s1.